The van der Waals surface area contributed by atoms with Crippen LogP contribution in [0.25, 0.3) is 5.70 Å². The smallest absolute Gasteiger partial charge is 0.399 e. The molecule has 0 saturated carbocycles. The second-order valence-corrected chi connectivity index (χ2v) is 12.0. The monoisotopic (exact) mass is 498 g/mol. The van der Waals surface area contributed by atoms with E-state index in [1.54, 1.807) is 6.34 Å². The summed E-state index contributed by atoms with van der Waals surface area (Å²) < 4.78 is 24.7. The summed E-state index contributed by atoms with van der Waals surface area (Å²) in [5, 5.41) is 0. The molecule has 2 aromatic rings. The molecule has 3 aliphatic rings. The molecule has 0 spiro atoms. The number of hydrogen-bond donors (Lipinski definition) is 0. The van der Waals surface area contributed by atoms with Crippen molar-refractivity contribution in [1.82, 2.24) is 0 Å². The van der Waals surface area contributed by atoms with E-state index in [4.69, 9.17) is 18.6 Å². The number of allylic oxidation sites excluding steroid dienone is 1. The molecule has 0 amide bonds. The van der Waals surface area contributed by atoms with Crippen molar-refractivity contribution >= 4 is 42.9 Å². The molecule has 192 valence electrons. The van der Waals surface area contributed by atoms with Crippen LogP contribution in [0.3, 0.4) is 0 Å². The van der Waals surface area contributed by atoms with Gasteiger partial charge in [0, 0.05) is 6.42 Å². The molecule has 3 heterocycles. The van der Waals surface area contributed by atoms with Gasteiger partial charge in [-0.1, -0.05) is 54.6 Å². The highest BCUT2D eigenvalue weighted by Crippen LogP contribution is 2.37. The van der Waals surface area contributed by atoms with Crippen molar-refractivity contribution < 1.29 is 18.6 Å². The zero-order chi connectivity index (χ0) is 26.6. The largest absolute Gasteiger partial charge is 0.494 e. The highest BCUT2D eigenvalue weighted by atomic mass is 16.7. The Labute approximate surface area is 221 Å². The van der Waals surface area contributed by atoms with Crippen molar-refractivity contribution in [3.63, 3.8) is 0 Å². The van der Waals surface area contributed by atoms with E-state index in [9.17, 15) is 0 Å². The van der Waals surface area contributed by atoms with Gasteiger partial charge in [0.2, 0.25) is 0 Å². The third-order valence-corrected chi connectivity index (χ3v) is 8.40. The number of rotatable bonds is 4. The Morgan fingerprint density at radius 1 is 0.595 bits per heavy atom. The topological polar surface area (TPSA) is 61.6 Å². The van der Waals surface area contributed by atoms with Crippen molar-refractivity contribution in [3.8, 4) is 0 Å². The highest BCUT2D eigenvalue weighted by Gasteiger charge is 2.52. The third kappa shape index (κ3) is 4.88. The molecule has 2 aromatic carbocycles. The van der Waals surface area contributed by atoms with Gasteiger partial charge in [-0.3, -0.25) is 0 Å². The Bertz CT molecular complexity index is 1230. The maximum Gasteiger partial charge on any atom is 0.494 e. The predicted octanol–water partition coefficient (Wildman–Crippen LogP) is 4.55. The van der Waals surface area contributed by atoms with Crippen LogP contribution in [-0.4, -0.2) is 48.7 Å². The summed E-state index contributed by atoms with van der Waals surface area (Å²) in [5.74, 6) is 0. The molecule has 0 aliphatic carbocycles. The van der Waals surface area contributed by atoms with Crippen molar-refractivity contribution in [1.29, 1.82) is 0 Å². The van der Waals surface area contributed by atoms with E-state index in [1.165, 1.54) is 0 Å². The van der Waals surface area contributed by atoms with Gasteiger partial charge in [0.15, 0.2) is 0 Å². The summed E-state index contributed by atoms with van der Waals surface area (Å²) in [6, 6.07) is 16.5. The fourth-order valence-electron chi connectivity index (χ4n) is 4.45. The Kier molecular flexibility index (Phi) is 6.39. The lowest BCUT2D eigenvalue weighted by molar-refractivity contribution is 0.00578. The molecular weight excluding hydrogens is 462 g/mol. The van der Waals surface area contributed by atoms with Crippen LogP contribution in [0, 0.1) is 0 Å². The number of aliphatic imine (C=N–C) groups is 2. The van der Waals surface area contributed by atoms with Crippen LogP contribution in [0.2, 0.25) is 0 Å². The lowest BCUT2D eigenvalue weighted by Crippen LogP contribution is -2.41. The van der Waals surface area contributed by atoms with E-state index in [0.29, 0.717) is 6.42 Å². The third-order valence-electron chi connectivity index (χ3n) is 8.40. The molecule has 0 unspecified atom stereocenters. The second kappa shape index (κ2) is 9.05. The Morgan fingerprint density at radius 2 is 1.00 bits per heavy atom. The molecule has 2 fully saturated rings. The average Bonchev–Trinajstić information content (AvgIpc) is 3.06. The van der Waals surface area contributed by atoms with Crippen molar-refractivity contribution in [3.05, 3.63) is 65.7 Å². The number of hydrogen-bond acceptors (Lipinski definition) is 6. The van der Waals surface area contributed by atoms with E-state index in [-0.39, 0.29) is 36.6 Å². The molecule has 5 rings (SSSR count). The summed E-state index contributed by atoms with van der Waals surface area (Å²) in [7, 11) is -0.746. The van der Waals surface area contributed by atoms with Gasteiger partial charge in [-0.05, 0) is 77.4 Å². The van der Waals surface area contributed by atoms with Crippen LogP contribution >= 0.6 is 0 Å². The molecular formula is C29H36B2N2O4. The summed E-state index contributed by atoms with van der Waals surface area (Å²) in [6.07, 6.45) is 4.44. The average molecular weight is 498 g/mol. The van der Waals surface area contributed by atoms with Crippen molar-refractivity contribution in [2.24, 2.45) is 9.98 Å². The van der Waals surface area contributed by atoms with Gasteiger partial charge in [0.25, 0.3) is 0 Å². The minimum absolute atomic E-state index is 0.359. The van der Waals surface area contributed by atoms with Crippen LogP contribution in [0.5, 0.6) is 0 Å². The molecule has 0 atom stereocenters. The van der Waals surface area contributed by atoms with Crippen LogP contribution < -0.4 is 10.9 Å². The lowest BCUT2D eigenvalue weighted by Gasteiger charge is -2.32. The minimum atomic E-state index is -0.374. The molecule has 2 saturated heterocycles. The van der Waals surface area contributed by atoms with Crippen LogP contribution in [-0.2, 0) is 18.6 Å². The Hall–Kier alpha value is -2.51. The molecule has 8 heteroatoms. The first-order valence-electron chi connectivity index (χ1n) is 13.0. The first-order chi connectivity index (χ1) is 17.3. The fraction of sp³-hybridized carbons (Fsp3) is 0.448. The standard InChI is InChI=1S/C29H36B2N2O4/c1-26(2)27(3,4)35-30(34-26)22-13-9-20(10-14-22)24-17-18-25(33-19-32-24)21-11-15-23(16-12-21)31-36-28(5,6)29(7,8)37-31/h9-17,19H,18H2,1-8H3. The number of nitrogens with zero attached hydrogens (tertiary/aromatic N) is 2. The van der Waals surface area contributed by atoms with Gasteiger partial charge in [-0.25, -0.2) is 9.98 Å². The molecule has 0 radical (unpaired) electrons. The predicted molar refractivity (Wildman–Crippen MR) is 152 cm³/mol. The van der Waals surface area contributed by atoms with E-state index < -0.39 is 0 Å². The van der Waals surface area contributed by atoms with Gasteiger partial charge >= 0.3 is 14.2 Å². The quantitative estimate of drug-likeness (QED) is 0.581. The zero-order valence-electron chi connectivity index (χ0n) is 23.2. The van der Waals surface area contributed by atoms with Gasteiger partial charge in [-0.15, -0.1) is 0 Å². The first-order valence-corrected chi connectivity index (χ1v) is 13.0. The van der Waals surface area contributed by atoms with E-state index in [1.807, 2.05) is 0 Å². The molecule has 0 N–H and O–H groups in total. The normalized spacial score (nSPS) is 23.6. The van der Waals surface area contributed by atoms with E-state index in [0.717, 1.165) is 33.5 Å². The van der Waals surface area contributed by atoms with Crippen LogP contribution in [0.15, 0.2) is 64.6 Å². The Balaban J connectivity index is 1.26. The summed E-state index contributed by atoms with van der Waals surface area (Å²) in [6.45, 7) is 16.5. The minimum Gasteiger partial charge on any atom is -0.399 e. The fourth-order valence-corrected chi connectivity index (χ4v) is 4.45. The molecule has 0 bridgehead atoms. The van der Waals surface area contributed by atoms with E-state index in [2.05, 4.69) is 120 Å². The molecule has 3 aliphatic heterocycles. The van der Waals surface area contributed by atoms with Gasteiger partial charge in [0.1, 0.15) is 6.34 Å². The molecule has 37 heavy (non-hydrogen) atoms. The lowest BCUT2D eigenvalue weighted by atomic mass is 9.78. The van der Waals surface area contributed by atoms with Crippen LogP contribution in [0.1, 0.15) is 72.9 Å². The SMILES string of the molecule is CC1(C)OB(c2ccc(C3=CCC(c4ccc(B5OC(C)(C)C(C)(C)O5)cc4)=NC=N3)cc2)OC1(C)C. The van der Waals surface area contributed by atoms with Gasteiger partial charge in [-0.2, -0.15) is 0 Å². The Morgan fingerprint density at radius 3 is 1.43 bits per heavy atom. The zero-order valence-corrected chi connectivity index (χ0v) is 23.2. The summed E-state index contributed by atoms with van der Waals surface area (Å²) in [5.41, 5.74) is 4.51. The van der Waals surface area contributed by atoms with Crippen LogP contribution in [0.4, 0.5) is 0 Å². The van der Waals surface area contributed by atoms with Gasteiger partial charge < -0.3 is 18.6 Å². The first kappa shape index (κ1) is 26.1. The maximum absolute atomic E-state index is 6.18. The maximum atomic E-state index is 6.18. The summed E-state index contributed by atoms with van der Waals surface area (Å²) >= 11 is 0. The van der Waals surface area contributed by atoms with Crippen molar-refractivity contribution in [2.75, 3.05) is 0 Å². The van der Waals surface area contributed by atoms with E-state index >= 15 is 0 Å². The molecule has 6 nitrogen and oxygen atoms in total. The summed E-state index contributed by atoms with van der Waals surface area (Å²) in [4.78, 5) is 9.23. The second-order valence-electron chi connectivity index (χ2n) is 12.0. The number of benzene rings is 2. The van der Waals surface area contributed by atoms with Crippen molar-refractivity contribution in [2.45, 2.75) is 84.2 Å². The highest BCUT2D eigenvalue weighted by molar-refractivity contribution is 6.62. The van der Waals surface area contributed by atoms with Gasteiger partial charge in [0.05, 0.1) is 33.8 Å². The molecule has 0 aromatic heterocycles.